The van der Waals surface area contributed by atoms with E-state index in [0.29, 0.717) is 23.5 Å². The number of hydrogen-bond donors (Lipinski definition) is 1. The summed E-state index contributed by atoms with van der Waals surface area (Å²) in [5.74, 6) is 1.06. The first-order valence-electron chi connectivity index (χ1n) is 8.41. The van der Waals surface area contributed by atoms with E-state index in [1.165, 1.54) is 38.5 Å². The molecule has 1 saturated carbocycles. The van der Waals surface area contributed by atoms with Crippen LogP contribution in [0.15, 0.2) is 24.4 Å². The fourth-order valence-corrected chi connectivity index (χ4v) is 3.14. The molecule has 122 valence electrons. The van der Waals surface area contributed by atoms with Crippen molar-refractivity contribution < 1.29 is 0 Å². The smallest absolute Gasteiger partial charge is 0.227 e. The van der Waals surface area contributed by atoms with Crippen LogP contribution in [0.4, 0.5) is 5.95 Å². The summed E-state index contributed by atoms with van der Waals surface area (Å²) >= 11 is 6.07. The molecule has 2 aromatic rings. The molecule has 0 aromatic carbocycles. The Balaban J connectivity index is 1.75. The van der Waals surface area contributed by atoms with Crippen molar-refractivity contribution >= 4 is 17.5 Å². The highest BCUT2D eigenvalue weighted by Crippen LogP contribution is 2.21. The molecule has 23 heavy (non-hydrogen) atoms. The first-order valence-corrected chi connectivity index (χ1v) is 8.78. The third-order valence-corrected chi connectivity index (χ3v) is 4.36. The number of rotatable bonds is 3. The first-order chi connectivity index (χ1) is 11.3. The van der Waals surface area contributed by atoms with Crippen molar-refractivity contribution in [1.82, 2.24) is 19.9 Å². The molecule has 1 N–H and O–H groups in total. The zero-order valence-electron chi connectivity index (χ0n) is 13.2. The SMILES string of the molecule is Clc1nc(NC2CCCCCCCC2)nc(-c2ccccn2)n1. The number of halogens is 1. The van der Waals surface area contributed by atoms with Crippen LogP contribution in [0.25, 0.3) is 11.5 Å². The standard InChI is InChI=1S/C17H22ClN5/c18-16-21-15(14-11-7-8-12-19-14)22-17(23-16)20-13-9-5-3-1-2-4-6-10-13/h7-8,11-13H,1-6,9-10H2,(H,20,21,22,23). The Morgan fingerprint density at radius 3 is 2.35 bits per heavy atom. The van der Waals surface area contributed by atoms with Crippen molar-refractivity contribution in [2.24, 2.45) is 0 Å². The molecule has 0 atom stereocenters. The van der Waals surface area contributed by atoms with Gasteiger partial charge in [0, 0.05) is 12.2 Å². The van der Waals surface area contributed by atoms with E-state index in [-0.39, 0.29) is 5.28 Å². The van der Waals surface area contributed by atoms with Gasteiger partial charge < -0.3 is 5.32 Å². The van der Waals surface area contributed by atoms with Crippen LogP contribution in [0.3, 0.4) is 0 Å². The van der Waals surface area contributed by atoms with Gasteiger partial charge in [-0.25, -0.2) is 0 Å². The van der Waals surface area contributed by atoms with E-state index < -0.39 is 0 Å². The molecule has 3 rings (SSSR count). The Hall–Kier alpha value is -1.75. The number of aromatic nitrogens is 4. The van der Waals surface area contributed by atoms with Crippen LogP contribution in [0.2, 0.25) is 5.28 Å². The van der Waals surface area contributed by atoms with Gasteiger partial charge in [-0.15, -0.1) is 0 Å². The van der Waals surface area contributed by atoms with Gasteiger partial charge in [0.15, 0.2) is 5.82 Å². The number of hydrogen-bond acceptors (Lipinski definition) is 5. The van der Waals surface area contributed by atoms with Gasteiger partial charge in [-0.05, 0) is 36.6 Å². The average Bonchev–Trinajstić information content (AvgIpc) is 2.69. The number of nitrogens with zero attached hydrogens (tertiary/aromatic N) is 4. The Morgan fingerprint density at radius 1 is 0.913 bits per heavy atom. The van der Waals surface area contributed by atoms with E-state index >= 15 is 0 Å². The third-order valence-electron chi connectivity index (χ3n) is 4.19. The maximum absolute atomic E-state index is 6.07. The van der Waals surface area contributed by atoms with E-state index in [9.17, 15) is 0 Å². The second-order valence-corrected chi connectivity index (χ2v) is 6.34. The van der Waals surface area contributed by atoms with Crippen LogP contribution < -0.4 is 5.32 Å². The fourth-order valence-electron chi connectivity index (χ4n) is 2.98. The van der Waals surface area contributed by atoms with E-state index in [2.05, 4.69) is 25.3 Å². The summed E-state index contributed by atoms with van der Waals surface area (Å²) in [5.41, 5.74) is 0.703. The second kappa shape index (κ2) is 8.20. The molecule has 0 unspecified atom stereocenters. The molecule has 1 aliphatic rings. The molecule has 0 saturated heterocycles. The van der Waals surface area contributed by atoms with E-state index in [0.717, 1.165) is 12.8 Å². The summed E-state index contributed by atoms with van der Waals surface area (Å²) in [7, 11) is 0. The molecular weight excluding hydrogens is 310 g/mol. The van der Waals surface area contributed by atoms with Gasteiger partial charge in [-0.1, -0.05) is 44.6 Å². The van der Waals surface area contributed by atoms with Gasteiger partial charge in [0.05, 0.1) is 0 Å². The fraction of sp³-hybridized carbons (Fsp3) is 0.529. The van der Waals surface area contributed by atoms with E-state index in [1.807, 2.05) is 18.2 Å². The Labute approximate surface area is 141 Å². The second-order valence-electron chi connectivity index (χ2n) is 6.01. The summed E-state index contributed by atoms with van der Waals surface area (Å²) < 4.78 is 0. The van der Waals surface area contributed by atoms with Gasteiger partial charge in [0.1, 0.15) is 5.69 Å². The van der Waals surface area contributed by atoms with Gasteiger partial charge in [0.25, 0.3) is 0 Å². The monoisotopic (exact) mass is 331 g/mol. The number of pyridine rings is 1. The molecule has 5 nitrogen and oxygen atoms in total. The maximum atomic E-state index is 6.07. The molecule has 2 heterocycles. The highest BCUT2D eigenvalue weighted by atomic mass is 35.5. The van der Waals surface area contributed by atoms with Gasteiger partial charge in [-0.3, -0.25) is 4.98 Å². The topological polar surface area (TPSA) is 63.6 Å². The lowest BCUT2D eigenvalue weighted by Crippen LogP contribution is -2.21. The van der Waals surface area contributed by atoms with Gasteiger partial charge in [0.2, 0.25) is 11.2 Å². The molecule has 1 aliphatic carbocycles. The predicted molar refractivity (Wildman–Crippen MR) is 92.4 cm³/mol. The van der Waals surface area contributed by atoms with Crippen molar-refractivity contribution in [3.05, 3.63) is 29.7 Å². The summed E-state index contributed by atoms with van der Waals surface area (Å²) in [5, 5.41) is 3.65. The van der Waals surface area contributed by atoms with Crippen LogP contribution >= 0.6 is 11.6 Å². The van der Waals surface area contributed by atoms with Crippen molar-refractivity contribution in [2.45, 2.75) is 57.4 Å². The number of anilines is 1. The van der Waals surface area contributed by atoms with Crippen molar-refractivity contribution in [3.63, 3.8) is 0 Å². The zero-order chi connectivity index (χ0) is 15.9. The Bertz CT molecular complexity index is 610. The average molecular weight is 332 g/mol. The van der Waals surface area contributed by atoms with Crippen LogP contribution in [0.1, 0.15) is 51.4 Å². The lowest BCUT2D eigenvalue weighted by atomic mass is 10.1. The number of nitrogens with one attached hydrogen (secondary N) is 1. The highest BCUT2D eigenvalue weighted by molar-refractivity contribution is 6.28. The van der Waals surface area contributed by atoms with E-state index in [4.69, 9.17) is 11.6 Å². The van der Waals surface area contributed by atoms with E-state index in [1.54, 1.807) is 6.20 Å². The minimum absolute atomic E-state index is 0.200. The summed E-state index contributed by atoms with van der Waals surface area (Å²) in [6.07, 6.45) is 11.9. The van der Waals surface area contributed by atoms with Gasteiger partial charge in [-0.2, -0.15) is 15.0 Å². The predicted octanol–water partition coefficient (Wildman–Crippen LogP) is 4.50. The molecule has 2 aromatic heterocycles. The largest absolute Gasteiger partial charge is 0.351 e. The molecule has 1 fully saturated rings. The lowest BCUT2D eigenvalue weighted by molar-refractivity contribution is 0.559. The molecule has 0 spiro atoms. The minimum atomic E-state index is 0.200. The van der Waals surface area contributed by atoms with Crippen LogP contribution in [-0.2, 0) is 0 Å². The van der Waals surface area contributed by atoms with Crippen LogP contribution in [-0.4, -0.2) is 26.0 Å². The molecular formula is C17H22ClN5. The Kier molecular flexibility index (Phi) is 5.75. The van der Waals surface area contributed by atoms with Crippen LogP contribution in [0.5, 0.6) is 0 Å². The zero-order valence-corrected chi connectivity index (χ0v) is 14.0. The summed E-state index contributed by atoms with van der Waals surface area (Å²) in [6, 6.07) is 6.05. The molecule has 0 radical (unpaired) electrons. The molecule has 6 heteroatoms. The third kappa shape index (κ3) is 4.86. The van der Waals surface area contributed by atoms with Crippen LogP contribution in [0, 0.1) is 0 Å². The summed E-state index contributed by atoms with van der Waals surface area (Å²) in [4.78, 5) is 17.2. The summed E-state index contributed by atoms with van der Waals surface area (Å²) in [6.45, 7) is 0. The quantitative estimate of drug-likeness (QED) is 0.897. The molecule has 0 bridgehead atoms. The highest BCUT2D eigenvalue weighted by Gasteiger charge is 2.14. The first kappa shape index (κ1) is 16.1. The van der Waals surface area contributed by atoms with Crippen molar-refractivity contribution in [1.29, 1.82) is 0 Å². The minimum Gasteiger partial charge on any atom is -0.351 e. The maximum Gasteiger partial charge on any atom is 0.227 e. The molecule has 0 amide bonds. The van der Waals surface area contributed by atoms with Crippen molar-refractivity contribution in [3.8, 4) is 11.5 Å². The van der Waals surface area contributed by atoms with Gasteiger partial charge >= 0.3 is 0 Å². The van der Waals surface area contributed by atoms with Crippen molar-refractivity contribution in [2.75, 3.05) is 5.32 Å². The Morgan fingerprint density at radius 2 is 1.65 bits per heavy atom. The molecule has 0 aliphatic heterocycles. The lowest BCUT2D eigenvalue weighted by Gasteiger charge is -2.18. The normalized spacial score (nSPS) is 17.1.